The number of aromatic carboxylic acids is 1. The number of unbranched alkanes of at least 4 members (excludes halogenated alkanes) is 1. The van der Waals surface area contributed by atoms with Crippen molar-refractivity contribution in [1.82, 2.24) is 5.32 Å². The molecule has 0 aromatic heterocycles. The molecule has 0 bridgehead atoms. The summed E-state index contributed by atoms with van der Waals surface area (Å²) in [5.74, 6) is -2.16. The number of anilines is 1. The van der Waals surface area contributed by atoms with Gasteiger partial charge in [-0.2, -0.15) is 0 Å². The minimum Gasteiger partial charge on any atom is -0.507 e. The van der Waals surface area contributed by atoms with Gasteiger partial charge in [0.25, 0.3) is 0 Å². The van der Waals surface area contributed by atoms with Crippen molar-refractivity contribution in [2.45, 2.75) is 31.9 Å². The van der Waals surface area contributed by atoms with Crippen LogP contribution in [0.15, 0.2) is 48.5 Å². The molecule has 2 aromatic carbocycles. The number of phenols is 1. The van der Waals surface area contributed by atoms with Crippen LogP contribution in [-0.2, 0) is 16.1 Å². The molecule has 2 rings (SSSR count). The van der Waals surface area contributed by atoms with Gasteiger partial charge in [-0.25, -0.2) is 9.59 Å². The third-order valence-corrected chi connectivity index (χ3v) is 4.26. The molecule has 0 spiro atoms. The smallest absolute Gasteiger partial charge is 0.407 e. The zero-order valence-corrected chi connectivity index (χ0v) is 16.3. The first-order chi connectivity index (χ1) is 14.4. The molecule has 1 atom stereocenters. The Kier molecular flexibility index (Phi) is 8.64. The molecule has 0 unspecified atom stereocenters. The average Bonchev–Trinajstić information content (AvgIpc) is 2.73. The van der Waals surface area contributed by atoms with Crippen molar-refractivity contribution in [2.24, 2.45) is 5.73 Å². The summed E-state index contributed by atoms with van der Waals surface area (Å²) < 4.78 is 5.10. The van der Waals surface area contributed by atoms with Crippen LogP contribution in [0.4, 0.5) is 10.5 Å². The zero-order chi connectivity index (χ0) is 21.9. The summed E-state index contributed by atoms with van der Waals surface area (Å²) in [4.78, 5) is 34.8. The van der Waals surface area contributed by atoms with E-state index in [0.717, 1.165) is 11.6 Å². The number of carbonyl (C=O) groups excluding carboxylic acids is 2. The summed E-state index contributed by atoms with van der Waals surface area (Å²) in [6.07, 6.45) is 1.09. The normalized spacial score (nSPS) is 11.4. The topological polar surface area (TPSA) is 151 Å². The van der Waals surface area contributed by atoms with E-state index >= 15 is 0 Å². The Morgan fingerprint density at radius 2 is 1.80 bits per heavy atom. The van der Waals surface area contributed by atoms with Crippen molar-refractivity contribution in [3.05, 3.63) is 59.7 Å². The van der Waals surface area contributed by atoms with Gasteiger partial charge in [-0.15, -0.1) is 0 Å². The molecule has 0 heterocycles. The Balaban J connectivity index is 1.64. The summed E-state index contributed by atoms with van der Waals surface area (Å²) in [5, 5.41) is 23.6. The summed E-state index contributed by atoms with van der Waals surface area (Å²) in [5.41, 5.74) is 6.67. The molecular weight excluding hydrogens is 390 g/mol. The van der Waals surface area contributed by atoms with Gasteiger partial charge in [0.05, 0.1) is 6.04 Å². The molecular formula is C21H25N3O6. The molecule has 0 aliphatic rings. The van der Waals surface area contributed by atoms with Gasteiger partial charge in [0.1, 0.15) is 17.9 Å². The molecule has 0 saturated carbocycles. The lowest BCUT2D eigenvalue weighted by atomic mass is 10.1. The Labute approximate surface area is 173 Å². The van der Waals surface area contributed by atoms with Crippen LogP contribution in [0.5, 0.6) is 5.75 Å². The van der Waals surface area contributed by atoms with Gasteiger partial charge in [-0.05, 0) is 43.0 Å². The van der Waals surface area contributed by atoms with Crippen LogP contribution in [0.1, 0.15) is 35.2 Å². The van der Waals surface area contributed by atoms with Crippen LogP contribution in [0.3, 0.4) is 0 Å². The quantitative estimate of drug-likeness (QED) is 0.295. The Bertz CT molecular complexity index is 872. The summed E-state index contributed by atoms with van der Waals surface area (Å²) >= 11 is 0. The maximum absolute atomic E-state index is 12.1. The highest BCUT2D eigenvalue weighted by Crippen LogP contribution is 2.21. The number of hydrogen-bond donors (Lipinski definition) is 5. The molecule has 0 aliphatic heterocycles. The summed E-state index contributed by atoms with van der Waals surface area (Å²) in [6, 6.07) is 12.3. The second-order valence-electron chi connectivity index (χ2n) is 6.62. The molecule has 2 amide bonds. The highest BCUT2D eigenvalue weighted by atomic mass is 16.5. The number of benzene rings is 2. The van der Waals surface area contributed by atoms with E-state index in [-0.39, 0.29) is 23.6 Å². The predicted octanol–water partition coefficient (Wildman–Crippen LogP) is 2.45. The fraction of sp³-hybridized carbons (Fsp3) is 0.286. The number of alkyl carbamates (subject to hydrolysis) is 1. The second kappa shape index (κ2) is 11.4. The maximum atomic E-state index is 12.1. The molecule has 9 nitrogen and oxygen atoms in total. The van der Waals surface area contributed by atoms with Gasteiger partial charge in [-0.3, -0.25) is 4.79 Å². The summed E-state index contributed by atoms with van der Waals surface area (Å²) in [6.45, 7) is 0.584. The van der Waals surface area contributed by atoms with Crippen LogP contribution >= 0.6 is 0 Å². The number of hydrogen-bond acceptors (Lipinski definition) is 6. The number of nitrogens with one attached hydrogen (secondary N) is 2. The van der Waals surface area contributed by atoms with E-state index < -0.39 is 24.0 Å². The lowest BCUT2D eigenvalue weighted by Gasteiger charge is -2.13. The predicted molar refractivity (Wildman–Crippen MR) is 110 cm³/mol. The average molecular weight is 415 g/mol. The number of nitrogens with two attached hydrogens (primary N) is 1. The first-order valence-electron chi connectivity index (χ1n) is 9.44. The highest BCUT2D eigenvalue weighted by molar-refractivity contribution is 5.97. The van der Waals surface area contributed by atoms with Gasteiger partial charge in [0.2, 0.25) is 5.91 Å². The molecule has 0 saturated heterocycles. The third-order valence-electron chi connectivity index (χ3n) is 4.26. The van der Waals surface area contributed by atoms with Crippen LogP contribution in [0.2, 0.25) is 0 Å². The van der Waals surface area contributed by atoms with Crippen molar-refractivity contribution in [1.29, 1.82) is 0 Å². The van der Waals surface area contributed by atoms with E-state index in [1.54, 1.807) is 0 Å². The summed E-state index contributed by atoms with van der Waals surface area (Å²) in [7, 11) is 0. The number of carboxylic acids is 1. The van der Waals surface area contributed by atoms with Gasteiger partial charge in [0.15, 0.2) is 0 Å². The SMILES string of the molecule is N[C@@H](CCCCNC(=O)OCc1ccccc1)C(=O)Nc1ccc(O)c(C(=O)O)c1. The van der Waals surface area contributed by atoms with Gasteiger partial charge >= 0.3 is 12.1 Å². The molecule has 2 aromatic rings. The monoisotopic (exact) mass is 415 g/mol. The molecule has 6 N–H and O–H groups in total. The number of rotatable bonds is 10. The Morgan fingerprint density at radius 1 is 1.07 bits per heavy atom. The fourth-order valence-electron chi connectivity index (χ4n) is 2.60. The number of carbonyl (C=O) groups is 3. The minimum absolute atomic E-state index is 0.193. The van der Waals surface area contributed by atoms with E-state index in [1.807, 2.05) is 30.3 Å². The van der Waals surface area contributed by atoms with E-state index in [1.165, 1.54) is 12.1 Å². The largest absolute Gasteiger partial charge is 0.507 e. The third kappa shape index (κ3) is 7.44. The number of carboxylic acid groups (broad SMARTS) is 1. The Morgan fingerprint density at radius 3 is 2.50 bits per heavy atom. The van der Waals surface area contributed by atoms with E-state index in [2.05, 4.69) is 10.6 Å². The van der Waals surface area contributed by atoms with Crippen molar-refractivity contribution in [3.63, 3.8) is 0 Å². The molecule has 0 fully saturated rings. The van der Waals surface area contributed by atoms with Gasteiger partial charge in [0, 0.05) is 12.2 Å². The van der Waals surface area contributed by atoms with Crippen LogP contribution in [-0.4, -0.2) is 40.8 Å². The van der Waals surface area contributed by atoms with Crippen molar-refractivity contribution in [2.75, 3.05) is 11.9 Å². The molecule has 30 heavy (non-hydrogen) atoms. The first-order valence-corrected chi connectivity index (χ1v) is 9.44. The molecule has 0 radical (unpaired) electrons. The van der Waals surface area contributed by atoms with Crippen molar-refractivity contribution >= 4 is 23.7 Å². The highest BCUT2D eigenvalue weighted by Gasteiger charge is 2.16. The Hall–Kier alpha value is -3.59. The molecule has 9 heteroatoms. The van der Waals surface area contributed by atoms with Crippen molar-refractivity contribution in [3.8, 4) is 5.75 Å². The standard InChI is InChI=1S/C21H25N3O6/c22-17(19(26)24-15-9-10-18(25)16(12-15)20(27)28)8-4-5-11-23-21(29)30-13-14-6-2-1-3-7-14/h1-3,6-7,9-10,12,17,25H,4-5,8,11,13,22H2,(H,23,29)(H,24,26)(H,27,28)/t17-/m0/s1. The maximum Gasteiger partial charge on any atom is 0.407 e. The first kappa shape index (κ1) is 22.7. The van der Waals surface area contributed by atoms with E-state index in [9.17, 15) is 19.5 Å². The number of ether oxygens (including phenoxy) is 1. The fourth-order valence-corrected chi connectivity index (χ4v) is 2.60. The lowest BCUT2D eigenvalue weighted by Crippen LogP contribution is -2.35. The van der Waals surface area contributed by atoms with E-state index in [0.29, 0.717) is 25.8 Å². The number of amides is 2. The van der Waals surface area contributed by atoms with Crippen molar-refractivity contribution < 1.29 is 29.3 Å². The molecule has 160 valence electrons. The van der Waals surface area contributed by atoms with Gasteiger partial charge < -0.3 is 31.3 Å². The zero-order valence-electron chi connectivity index (χ0n) is 16.3. The second-order valence-corrected chi connectivity index (χ2v) is 6.62. The van der Waals surface area contributed by atoms with E-state index in [4.69, 9.17) is 15.6 Å². The minimum atomic E-state index is -1.30. The lowest BCUT2D eigenvalue weighted by molar-refractivity contribution is -0.117. The number of aromatic hydroxyl groups is 1. The van der Waals surface area contributed by atoms with Crippen LogP contribution in [0.25, 0.3) is 0 Å². The van der Waals surface area contributed by atoms with Gasteiger partial charge in [-0.1, -0.05) is 30.3 Å². The van der Waals surface area contributed by atoms with Crippen LogP contribution < -0.4 is 16.4 Å². The molecule has 0 aliphatic carbocycles. The van der Waals surface area contributed by atoms with Crippen LogP contribution in [0, 0.1) is 0 Å².